The van der Waals surface area contributed by atoms with Crippen LogP contribution < -0.4 is 10.1 Å². The third-order valence-corrected chi connectivity index (χ3v) is 3.00. The Morgan fingerprint density at radius 3 is 2.70 bits per heavy atom. The van der Waals surface area contributed by atoms with Crippen molar-refractivity contribution in [1.29, 1.82) is 0 Å². The van der Waals surface area contributed by atoms with E-state index in [9.17, 15) is 0 Å². The predicted octanol–water partition coefficient (Wildman–Crippen LogP) is 3.87. The van der Waals surface area contributed by atoms with Gasteiger partial charge in [-0.25, -0.2) is 4.98 Å². The van der Waals surface area contributed by atoms with E-state index in [1.165, 1.54) is 0 Å². The summed E-state index contributed by atoms with van der Waals surface area (Å²) < 4.78 is 5.73. The van der Waals surface area contributed by atoms with Crippen LogP contribution in [0.5, 0.6) is 5.88 Å². The lowest BCUT2D eigenvalue weighted by Gasteiger charge is -2.11. The molecule has 2 rings (SSSR count). The molecule has 0 atom stereocenters. The van der Waals surface area contributed by atoms with Crippen molar-refractivity contribution in [3.8, 4) is 5.88 Å². The second-order valence-electron chi connectivity index (χ2n) is 4.77. The van der Waals surface area contributed by atoms with Gasteiger partial charge in [-0.2, -0.15) is 4.98 Å². The van der Waals surface area contributed by atoms with Crippen LogP contribution in [-0.4, -0.2) is 17.0 Å². The van der Waals surface area contributed by atoms with Crippen molar-refractivity contribution in [2.45, 2.75) is 26.4 Å². The van der Waals surface area contributed by atoms with Crippen LogP contribution in [0.15, 0.2) is 30.3 Å². The highest BCUT2D eigenvalue weighted by atomic mass is 35.5. The largest absolute Gasteiger partial charge is 0.473 e. The molecular weight excluding hydrogens is 274 g/mol. The minimum absolute atomic E-state index is 0.247. The Balaban J connectivity index is 2.14. The van der Waals surface area contributed by atoms with E-state index in [2.05, 4.69) is 29.1 Å². The molecule has 5 heteroatoms. The molecule has 0 saturated carbocycles. The Labute approximate surface area is 124 Å². The second-order valence-corrected chi connectivity index (χ2v) is 5.21. The maximum atomic E-state index is 5.95. The molecule has 1 N–H and O–H groups in total. The zero-order chi connectivity index (χ0) is 14.5. The summed E-state index contributed by atoms with van der Waals surface area (Å²) in [7, 11) is 1.83. The maximum absolute atomic E-state index is 5.95. The van der Waals surface area contributed by atoms with Gasteiger partial charge in [0.05, 0.1) is 0 Å². The zero-order valence-electron chi connectivity index (χ0n) is 11.9. The summed E-state index contributed by atoms with van der Waals surface area (Å²) in [5.74, 6) is 2.33. The number of aromatic nitrogens is 2. The summed E-state index contributed by atoms with van der Waals surface area (Å²) in [6.07, 6.45) is 0. The highest BCUT2D eigenvalue weighted by Gasteiger charge is 2.08. The lowest BCUT2D eigenvalue weighted by atomic mass is 10.2. The fourth-order valence-electron chi connectivity index (χ4n) is 1.69. The van der Waals surface area contributed by atoms with Crippen LogP contribution in [0.4, 0.5) is 5.82 Å². The topological polar surface area (TPSA) is 47.0 Å². The molecule has 0 radical (unpaired) electrons. The van der Waals surface area contributed by atoms with Crippen molar-refractivity contribution >= 4 is 17.4 Å². The number of hydrogen-bond donors (Lipinski definition) is 1. The average Bonchev–Trinajstić information content (AvgIpc) is 2.45. The van der Waals surface area contributed by atoms with Gasteiger partial charge in [-0.3, -0.25) is 0 Å². The fraction of sp³-hybridized carbons (Fsp3) is 0.333. The molecule has 0 unspecified atom stereocenters. The number of anilines is 1. The standard InChI is InChI=1S/C15H18ClN3O/c1-10(2)15-18-13(17-3)8-14(19-15)20-9-11-5-4-6-12(16)7-11/h4-8,10H,9H2,1-3H3,(H,17,18,19). The normalized spacial score (nSPS) is 10.7. The summed E-state index contributed by atoms with van der Waals surface area (Å²) >= 11 is 5.95. The summed E-state index contributed by atoms with van der Waals surface area (Å²) in [4.78, 5) is 8.81. The number of hydrogen-bond acceptors (Lipinski definition) is 4. The first-order valence-electron chi connectivity index (χ1n) is 6.52. The highest BCUT2D eigenvalue weighted by molar-refractivity contribution is 6.30. The monoisotopic (exact) mass is 291 g/mol. The molecule has 0 amide bonds. The Morgan fingerprint density at radius 1 is 1.25 bits per heavy atom. The first kappa shape index (κ1) is 14.6. The molecule has 0 bridgehead atoms. The number of nitrogens with zero attached hydrogens (tertiary/aromatic N) is 2. The smallest absolute Gasteiger partial charge is 0.219 e. The van der Waals surface area contributed by atoms with E-state index in [0.717, 1.165) is 17.2 Å². The van der Waals surface area contributed by atoms with Crippen molar-refractivity contribution in [2.24, 2.45) is 0 Å². The minimum Gasteiger partial charge on any atom is -0.473 e. The number of rotatable bonds is 5. The fourth-order valence-corrected chi connectivity index (χ4v) is 1.90. The first-order chi connectivity index (χ1) is 9.58. The Morgan fingerprint density at radius 2 is 2.05 bits per heavy atom. The molecule has 0 aliphatic heterocycles. The Kier molecular flexibility index (Phi) is 4.79. The van der Waals surface area contributed by atoms with Gasteiger partial charge in [-0.1, -0.05) is 37.6 Å². The van der Waals surface area contributed by atoms with E-state index in [-0.39, 0.29) is 5.92 Å². The Bertz CT molecular complexity index is 587. The van der Waals surface area contributed by atoms with Gasteiger partial charge in [0.25, 0.3) is 0 Å². The summed E-state index contributed by atoms with van der Waals surface area (Å²) in [6.45, 7) is 4.53. The molecule has 2 aromatic rings. The van der Waals surface area contributed by atoms with E-state index in [4.69, 9.17) is 16.3 Å². The van der Waals surface area contributed by atoms with E-state index in [0.29, 0.717) is 17.5 Å². The summed E-state index contributed by atoms with van der Waals surface area (Å²) in [5.41, 5.74) is 1.01. The van der Waals surface area contributed by atoms with Crippen molar-refractivity contribution < 1.29 is 4.74 Å². The van der Waals surface area contributed by atoms with Gasteiger partial charge in [-0.15, -0.1) is 0 Å². The SMILES string of the molecule is CNc1cc(OCc2cccc(Cl)c2)nc(C(C)C)n1. The van der Waals surface area contributed by atoms with Crippen LogP contribution in [0.2, 0.25) is 5.02 Å². The third-order valence-electron chi connectivity index (χ3n) is 2.77. The molecule has 0 aliphatic rings. The van der Waals surface area contributed by atoms with Crippen molar-refractivity contribution in [3.05, 3.63) is 46.7 Å². The number of ether oxygens (including phenoxy) is 1. The maximum Gasteiger partial charge on any atom is 0.219 e. The molecule has 4 nitrogen and oxygen atoms in total. The van der Waals surface area contributed by atoms with Crippen molar-refractivity contribution in [3.63, 3.8) is 0 Å². The van der Waals surface area contributed by atoms with Crippen molar-refractivity contribution in [1.82, 2.24) is 9.97 Å². The van der Waals surface area contributed by atoms with Crippen molar-refractivity contribution in [2.75, 3.05) is 12.4 Å². The van der Waals surface area contributed by atoms with Gasteiger partial charge in [0.15, 0.2) is 0 Å². The minimum atomic E-state index is 0.247. The van der Waals surface area contributed by atoms with E-state index in [1.54, 1.807) is 6.07 Å². The van der Waals surface area contributed by atoms with E-state index >= 15 is 0 Å². The highest BCUT2D eigenvalue weighted by Crippen LogP contribution is 2.19. The molecule has 1 heterocycles. The lowest BCUT2D eigenvalue weighted by molar-refractivity contribution is 0.292. The van der Waals surface area contributed by atoms with E-state index in [1.807, 2.05) is 31.3 Å². The lowest BCUT2D eigenvalue weighted by Crippen LogP contribution is -2.05. The Hall–Kier alpha value is -1.81. The van der Waals surface area contributed by atoms with Crippen LogP contribution in [0.3, 0.4) is 0 Å². The van der Waals surface area contributed by atoms with Crippen LogP contribution in [-0.2, 0) is 6.61 Å². The number of nitrogens with one attached hydrogen (secondary N) is 1. The predicted molar refractivity (Wildman–Crippen MR) is 81.5 cm³/mol. The molecule has 1 aromatic heterocycles. The van der Waals surface area contributed by atoms with Crippen LogP contribution in [0.1, 0.15) is 31.2 Å². The second kappa shape index (κ2) is 6.57. The molecule has 0 aliphatic carbocycles. The number of benzene rings is 1. The van der Waals surface area contributed by atoms with E-state index < -0.39 is 0 Å². The van der Waals surface area contributed by atoms with Gasteiger partial charge in [0.1, 0.15) is 18.2 Å². The third kappa shape index (κ3) is 3.84. The van der Waals surface area contributed by atoms with Gasteiger partial charge in [-0.05, 0) is 17.7 Å². The van der Waals surface area contributed by atoms with Crippen LogP contribution >= 0.6 is 11.6 Å². The zero-order valence-corrected chi connectivity index (χ0v) is 12.6. The quantitative estimate of drug-likeness (QED) is 0.908. The van der Waals surface area contributed by atoms with Gasteiger partial charge >= 0.3 is 0 Å². The van der Waals surface area contributed by atoms with Gasteiger partial charge in [0, 0.05) is 24.1 Å². The molecule has 20 heavy (non-hydrogen) atoms. The summed E-state index contributed by atoms with van der Waals surface area (Å²) in [6, 6.07) is 9.38. The average molecular weight is 292 g/mol. The molecule has 1 aromatic carbocycles. The molecular formula is C15H18ClN3O. The number of halogens is 1. The van der Waals surface area contributed by atoms with Gasteiger partial charge in [0.2, 0.25) is 5.88 Å². The van der Waals surface area contributed by atoms with Gasteiger partial charge < -0.3 is 10.1 Å². The first-order valence-corrected chi connectivity index (χ1v) is 6.90. The molecule has 106 valence electrons. The van der Waals surface area contributed by atoms with Crippen LogP contribution in [0.25, 0.3) is 0 Å². The van der Waals surface area contributed by atoms with Crippen LogP contribution in [0, 0.1) is 0 Å². The molecule has 0 saturated heterocycles. The molecule has 0 fully saturated rings. The molecule has 0 spiro atoms. The summed E-state index contributed by atoms with van der Waals surface area (Å²) in [5, 5.41) is 3.72.